The fourth-order valence-corrected chi connectivity index (χ4v) is 7.19. The summed E-state index contributed by atoms with van der Waals surface area (Å²) in [6, 6.07) is 28.2. The molecule has 1 fully saturated rings. The van der Waals surface area contributed by atoms with Crippen molar-refractivity contribution in [1.29, 1.82) is 10.5 Å². The van der Waals surface area contributed by atoms with E-state index >= 15 is 0 Å². The molecule has 1 aliphatic heterocycles. The number of hydrogen-bond acceptors (Lipinski definition) is 17. The molecule has 8 aromatic rings. The van der Waals surface area contributed by atoms with Gasteiger partial charge in [-0.2, -0.15) is 10.5 Å². The van der Waals surface area contributed by atoms with E-state index in [0.717, 1.165) is 53.9 Å². The van der Waals surface area contributed by atoms with Gasteiger partial charge in [0.25, 0.3) is 11.8 Å². The average molecular weight is 898 g/mol. The van der Waals surface area contributed by atoms with Gasteiger partial charge in [0.1, 0.15) is 11.4 Å². The van der Waals surface area contributed by atoms with Gasteiger partial charge >= 0.3 is 0 Å². The Morgan fingerprint density at radius 3 is 1.70 bits per heavy atom. The van der Waals surface area contributed by atoms with Crippen LogP contribution in [0, 0.1) is 36.5 Å². The van der Waals surface area contributed by atoms with E-state index < -0.39 is 10.8 Å². The van der Waals surface area contributed by atoms with Crippen LogP contribution in [0.2, 0.25) is 0 Å². The average Bonchev–Trinajstić information content (AvgIpc) is 4.07. The Hall–Kier alpha value is -7.96. The Balaban J connectivity index is 0.000000251. The number of benzene rings is 2. The molecule has 0 amide bonds. The highest BCUT2D eigenvalue weighted by molar-refractivity contribution is 5.66. The first-order chi connectivity index (χ1) is 32.3. The molecule has 4 N–H and O–H groups in total. The minimum absolute atomic E-state index is 0. The molecule has 0 aliphatic carbocycles. The van der Waals surface area contributed by atoms with Gasteiger partial charge in [0.15, 0.2) is 0 Å². The second-order valence-corrected chi connectivity index (χ2v) is 17.1. The van der Waals surface area contributed by atoms with Crippen LogP contribution in [-0.2, 0) is 17.3 Å². The topological polar surface area (TPSA) is 253 Å². The standard InChI is InChI=1S/C26H26N8O.C24H23N7O.3H2/c1-16-23(32-21(14-31-16)18-7-8-30-22(12-18)26(2,3)15-27)25-34-33-24(35-25)19-6-4-5-17(11-19)20-13-28-9-10-29-20;1-15-21(23-31-30-22(32-23)17-6-4-16(5-7-17)8-10-25)29-19(13-28-15)18-9-11-27-20(12-18)24(2,3)14-26;;;/h4-8,11-12,14,20,28-29H,9-10,13H2,1-3H3;4-7,9,11-13H,8,10,25H2,1-3H3;3*1H. The summed E-state index contributed by atoms with van der Waals surface area (Å²) < 4.78 is 12.0. The van der Waals surface area contributed by atoms with Gasteiger partial charge in [-0.15, -0.1) is 20.4 Å². The van der Waals surface area contributed by atoms with Gasteiger partial charge in [0.2, 0.25) is 11.8 Å². The molecule has 9 rings (SSSR count). The lowest BCUT2D eigenvalue weighted by Crippen LogP contribution is -2.42. The summed E-state index contributed by atoms with van der Waals surface area (Å²) in [6.07, 6.45) is 7.55. The molecule has 1 atom stereocenters. The highest BCUT2D eigenvalue weighted by Gasteiger charge is 2.25. The third-order valence-electron chi connectivity index (χ3n) is 11.3. The van der Waals surface area contributed by atoms with Gasteiger partial charge in [-0.3, -0.25) is 19.9 Å². The van der Waals surface area contributed by atoms with E-state index in [1.807, 2.05) is 102 Å². The van der Waals surface area contributed by atoms with E-state index in [1.165, 1.54) is 5.56 Å². The van der Waals surface area contributed by atoms with E-state index in [1.54, 1.807) is 24.8 Å². The minimum atomic E-state index is -0.712. The monoisotopic (exact) mass is 897 g/mol. The van der Waals surface area contributed by atoms with Crippen LogP contribution in [0.1, 0.15) is 71.9 Å². The summed E-state index contributed by atoms with van der Waals surface area (Å²) in [6.45, 7) is 14.4. The molecular formula is C50H55N15O2. The first-order valence-corrected chi connectivity index (χ1v) is 21.8. The van der Waals surface area contributed by atoms with Crippen molar-refractivity contribution < 1.29 is 13.1 Å². The zero-order valence-corrected chi connectivity index (χ0v) is 38.1. The number of pyridine rings is 2. The lowest BCUT2D eigenvalue weighted by Gasteiger charge is -2.25. The number of aromatic nitrogens is 10. The number of piperazine rings is 1. The second-order valence-electron chi connectivity index (χ2n) is 17.1. The number of hydrogen-bond donors (Lipinski definition) is 3. The van der Waals surface area contributed by atoms with Gasteiger partial charge in [-0.1, -0.05) is 24.3 Å². The van der Waals surface area contributed by atoms with Crippen LogP contribution in [0.15, 0.2) is 106 Å². The van der Waals surface area contributed by atoms with Gasteiger partial charge in [0, 0.05) is 64.6 Å². The molecule has 67 heavy (non-hydrogen) atoms. The Labute approximate surface area is 392 Å². The maximum Gasteiger partial charge on any atom is 0.268 e. The predicted octanol–water partition coefficient (Wildman–Crippen LogP) is 8.20. The molecule has 6 aromatic heterocycles. The summed E-state index contributed by atoms with van der Waals surface area (Å²) in [4.78, 5) is 27.2. The molecule has 7 heterocycles. The summed E-state index contributed by atoms with van der Waals surface area (Å²) in [7, 11) is 0. The Kier molecular flexibility index (Phi) is 13.4. The first-order valence-electron chi connectivity index (χ1n) is 21.8. The van der Waals surface area contributed by atoms with Crippen LogP contribution >= 0.6 is 0 Å². The number of nitrogens with two attached hydrogens (primary N) is 1. The summed E-state index contributed by atoms with van der Waals surface area (Å²) in [5.41, 5.74) is 14.8. The SMILES string of the molecule is Cc1ncc(-c2ccnc(C(C)(C)C#N)c2)nc1-c1nnc(-c2ccc(CCN)cc2)o1.Cc1ncc(-c2ccnc(C(C)(C)C#N)c2)nc1-c1nnc(-c2cccc(C3CNCCN3)c2)o1.[HH].[HH].[HH]. The number of aryl methyl sites for hydroxylation is 2. The van der Waals surface area contributed by atoms with Gasteiger partial charge in [-0.25, -0.2) is 9.97 Å². The predicted molar refractivity (Wildman–Crippen MR) is 257 cm³/mol. The van der Waals surface area contributed by atoms with Crippen molar-refractivity contribution in [1.82, 2.24) is 60.9 Å². The Bertz CT molecular complexity index is 3120. The third-order valence-corrected chi connectivity index (χ3v) is 11.3. The molecule has 342 valence electrons. The van der Waals surface area contributed by atoms with Crippen molar-refractivity contribution >= 4 is 0 Å². The van der Waals surface area contributed by atoms with Crippen molar-refractivity contribution in [3.63, 3.8) is 0 Å². The summed E-state index contributed by atoms with van der Waals surface area (Å²) in [5, 5.41) is 42.8. The minimum Gasteiger partial charge on any atom is -0.415 e. The highest BCUT2D eigenvalue weighted by Crippen LogP contribution is 2.31. The van der Waals surface area contributed by atoms with E-state index in [9.17, 15) is 10.5 Å². The number of nitrogens with zero attached hydrogens (tertiary/aromatic N) is 12. The maximum absolute atomic E-state index is 9.47. The molecule has 1 aliphatic rings. The molecule has 2 aromatic carbocycles. The molecule has 1 saturated heterocycles. The van der Waals surface area contributed by atoms with Crippen LogP contribution in [0.4, 0.5) is 0 Å². The van der Waals surface area contributed by atoms with E-state index in [-0.39, 0.29) is 10.3 Å². The van der Waals surface area contributed by atoms with Gasteiger partial charge in [-0.05, 0) is 114 Å². The summed E-state index contributed by atoms with van der Waals surface area (Å²) >= 11 is 0. The lowest BCUT2D eigenvalue weighted by atomic mass is 9.90. The fourth-order valence-electron chi connectivity index (χ4n) is 7.19. The molecular weight excluding hydrogens is 843 g/mol. The molecule has 1 unspecified atom stereocenters. The quantitative estimate of drug-likeness (QED) is 0.111. The van der Waals surface area contributed by atoms with Crippen LogP contribution in [0.3, 0.4) is 0 Å². The molecule has 17 nitrogen and oxygen atoms in total. The molecule has 0 bridgehead atoms. The van der Waals surface area contributed by atoms with Crippen molar-refractivity contribution in [3.8, 4) is 80.7 Å². The number of nitriles is 2. The van der Waals surface area contributed by atoms with Crippen molar-refractivity contribution in [2.24, 2.45) is 5.73 Å². The van der Waals surface area contributed by atoms with Crippen molar-refractivity contribution in [2.45, 2.75) is 64.8 Å². The van der Waals surface area contributed by atoms with Gasteiger partial charge in [0.05, 0.1) is 69.5 Å². The van der Waals surface area contributed by atoms with Crippen molar-refractivity contribution in [2.75, 3.05) is 26.2 Å². The second kappa shape index (κ2) is 19.6. The largest absolute Gasteiger partial charge is 0.415 e. The molecule has 0 saturated carbocycles. The van der Waals surface area contributed by atoms with Crippen LogP contribution in [-0.4, -0.2) is 76.5 Å². The highest BCUT2D eigenvalue weighted by atomic mass is 16.4. The zero-order chi connectivity index (χ0) is 47.1. The summed E-state index contributed by atoms with van der Waals surface area (Å²) in [5.74, 6) is 1.44. The van der Waals surface area contributed by atoms with Crippen molar-refractivity contribution in [3.05, 3.63) is 131 Å². The van der Waals surface area contributed by atoms with E-state index in [2.05, 4.69) is 75.2 Å². The zero-order valence-electron chi connectivity index (χ0n) is 38.1. The van der Waals surface area contributed by atoms with E-state index in [0.29, 0.717) is 75.7 Å². The fraction of sp³-hybridized carbons (Fsp3) is 0.280. The molecule has 17 heteroatoms. The number of rotatable bonds is 11. The van der Waals surface area contributed by atoms with Crippen LogP contribution in [0.25, 0.3) is 68.6 Å². The smallest absolute Gasteiger partial charge is 0.268 e. The Morgan fingerprint density at radius 1 is 0.657 bits per heavy atom. The first kappa shape index (κ1) is 45.6. The van der Waals surface area contributed by atoms with Crippen LogP contribution in [0.5, 0.6) is 0 Å². The van der Waals surface area contributed by atoms with E-state index in [4.69, 9.17) is 24.5 Å². The molecule has 0 radical (unpaired) electrons. The Morgan fingerprint density at radius 2 is 1.19 bits per heavy atom. The third kappa shape index (κ3) is 10.3. The molecule has 0 spiro atoms. The number of nitrogens with one attached hydrogen (secondary N) is 2. The van der Waals surface area contributed by atoms with Gasteiger partial charge < -0.3 is 25.2 Å². The maximum atomic E-state index is 9.47. The van der Waals surface area contributed by atoms with Crippen LogP contribution < -0.4 is 16.4 Å². The lowest BCUT2D eigenvalue weighted by molar-refractivity contribution is 0.430. The normalized spacial score (nSPS) is 13.8.